The van der Waals surface area contributed by atoms with Gasteiger partial charge in [0.25, 0.3) is 0 Å². The van der Waals surface area contributed by atoms with E-state index in [2.05, 4.69) is 15.1 Å². The Kier molecular flexibility index (Phi) is 5.89. The van der Waals surface area contributed by atoms with Crippen LogP contribution in [0.1, 0.15) is 18.3 Å². The standard InChI is InChI=1S/C21H21N5O/c1-3-23-19(22)20-24-21(17-12-7-13-18(15-17)27-2)26(25-20)14-8-11-16-9-5-4-6-10-16/h3-13,15,22H,14H2,1-2H3/b11-8+,22-19?,23-3?. The number of amidine groups is 1. The summed E-state index contributed by atoms with van der Waals surface area (Å²) in [6.45, 7) is 2.29. The van der Waals surface area contributed by atoms with E-state index in [0.29, 0.717) is 18.2 Å². The van der Waals surface area contributed by atoms with Crippen LogP contribution in [0.3, 0.4) is 0 Å². The molecule has 0 bridgehead atoms. The highest BCUT2D eigenvalue weighted by Gasteiger charge is 2.14. The highest BCUT2D eigenvalue weighted by molar-refractivity contribution is 5.97. The minimum Gasteiger partial charge on any atom is -0.497 e. The fourth-order valence-electron chi connectivity index (χ4n) is 2.59. The van der Waals surface area contributed by atoms with E-state index in [1.807, 2.05) is 66.7 Å². The van der Waals surface area contributed by atoms with Crippen LogP contribution in [0.4, 0.5) is 0 Å². The van der Waals surface area contributed by atoms with Crippen LogP contribution in [0.15, 0.2) is 65.7 Å². The molecule has 0 saturated carbocycles. The van der Waals surface area contributed by atoms with Gasteiger partial charge >= 0.3 is 0 Å². The van der Waals surface area contributed by atoms with Crippen LogP contribution >= 0.6 is 0 Å². The maximum atomic E-state index is 8.01. The van der Waals surface area contributed by atoms with Crippen molar-refractivity contribution in [3.05, 3.63) is 72.1 Å². The summed E-state index contributed by atoms with van der Waals surface area (Å²) in [5.74, 6) is 1.73. The average Bonchev–Trinajstić information content (AvgIpc) is 3.13. The number of hydrogen-bond acceptors (Lipinski definition) is 4. The molecule has 0 fully saturated rings. The molecule has 3 rings (SSSR count). The number of nitrogens with one attached hydrogen (secondary N) is 1. The van der Waals surface area contributed by atoms with Crippen molar-refractivity contribution in [1.82, 2.24) is 14.8 Å². The minimum atomic E-state index is 0.0347. The molecule has 0 aliphatic heterocycles. The summed E-state index contributed by atoms with van der Waals surface area (Å²) < 4.78 is 7.08. The van der Waals surface area contributed by atoms with Gasteiger partial charge in [0.15, 0.2) is 11.7 Å². The van der Waals surface area contributed by atoms with Crippen LogP contribution in [0.5, 0.6) is 5.75 Å². The highest BCUT2D eigenvalue weighted by Crippen LogP contribution is 2.23. The number of aliphatic imine (C=N–C) groups is 1. The monoisotopic (exact) mass is 359 g/mol. The number of methoxy groups -OCH3 is 1. The van der Waals surface area contributed by atoms with Crippen molar-refractivity contribution in [2.75, 3.05) is 7.11 Å². The summed E-state index contributed by atoms with van der Waals surface area (Å²) in [7, 11) is 1.63. The number of allylic oxidation sites excluding steroid dienone is 1. The van der Waals surface area contributed by atoms with Crippen LogP contribution in [0.2, 0.25) is 0 Å². The van der Waals surface area contributed by atoms with Crippen LogP contribution in [0, 0.1) is 5.41 Å². The Labute approximate surface area is 158 Å². The molecule has 0 spiro atoms. The molecule has 2 aromatic carbocycles. The Hall–Kier alpha value is -3.54. The first kappa shape index (κ1) is 18.3. The topological polar surface area (TPSA) is 76.2 Å². The van der Waals surface area contributed by atoms with Gasteiger partial charge in [0, 0.05) is 11.8 Å². The predicted octanol–water partition coefficient (Wildman–Crippen LogP) is 4.08. The van der Waals surface area contributed by atoms with Crippen LogP contribution in [0.25, 0.3) is 17.5 Å². The van der Waals surface area contributed by atoms with E-state index >= 15 is 0 Å². The van der Waals surface area contributed by atoms with Gasteiger partial charge in [-0.05, 0) is 24.6 Å². The second-order valence-electron chi connectivity index (χ2n) is 5.72. The maximum absolute atomic E-state index is 8.01. The van der Waals surface area contributed by atoms with Gasteiger partial charge in [-0.25, -0.2) is 14.7 Å². The zero-order chi connectivity index (χ0) is 19.1. The summed E-state index contributed by atoms with van der Waals surface area (Å²) >= 11 is 0. The van der Waals surface area contributed by atoms with Gasteiger partial charge in [0.1, 0.15) is 5.75 Å². The smallest absolute Gasteiger partial charge is 0.218 e. The zero-order valence-electron chi connectivity index (χ0n) is 15.3. The van der Waals surface area contributed by atoms with Crippen LogP contribution in [-0.4, -0.2) is 33.9 Å². The van der Waals surface area contributed by atoms with Crippen LogP contribution < -0.4 is 4.74 Å². The maximum Gasteiger partial charge on any atom is 0.218 e. The SMILES string of the molecule is CC=NC(=N)c1nc(-c2cccc(OC)c2)n(C/C=C/c2ccccc2)n1. The first-order valence-corrected chi connectivity index (χ1v) is 8.59. The lowest BCUT2D eigenvalue weighted by Crippen LogP contribution is -2.03. The van der Waals surface area contributed by atoms with Gasteiger partial charge in [-0.1, -0.05) is 54.6 Å². The number of benzene rings is 2. The molecule has 0 amide bonds. The van der Waals surface area contributed by atoms with Crippen molar-refractivity contribution in [3.8, 4) is 17.1 Å². The third kappa shape index (κ3) is 4.55. The number of aromatic nitrogens is 3. The summed E-state index contributed by atoms with van der Waals surface area (Å²) in [4.78, 5) is 8.51. The van der Waals surface area contributed by atoms with E-state index in [9.17, 15) is 0 Å². The highest BCUT2D eigenvalue weighted by atomic mass is 16.5. The molecule has 1 aromatic heterocycles. The van der Waals surface area contributed by atoms with Crippen LogP contribution in [-0.2, 0) is 6.54 Å². The summed E-state index contributed by atoms with van der Waals surface area (Å²) in [5, 5.41) is 12.5. The lowest BCUT2D eigenvalue weighted by molar-refractivity contribution is 0.415. The van der Waals surface area contributed by atoms with E-state index in [-0.39, 0.29) is 5.84 Å². The zero-order valence-corrected chi connectivity index (χ0v) is 15.3. The molecule has 0 aliphatic carbocycles. The molecule has 0 saturated heterocycles. The molecule has 6 nitrogen and oxygen atoms in total. The van der Waals surface area contributed by atoms with Crippen molar-refractivity contribution in [3.63, 3.8) is 0 Å². The third-order valence-corrected chi connectivity index (χ3v) is 3.86. The van der Waals surface area contributed by atoms with Crippen molar-refractivity contribution >= 4 is 18.1 Å². The van der Waals surface area contributed by atoms with E-state index in [0.717, 1.165) is 16.9 Å². The first-order valence-electron chi connectivity index (χ1n) is 8.59. The van der Waals surface area contributed by atoms with Gasteiger partial charge in [0.05, 0.1) is 13.7 Å². The van der Waals surface area contributed by atoms with Gasteiger partial charge in [0.2, 0.25) is 5.82 Å². The number of rotatable bonds is 6. The largest absolute Gasteiger partial charge is 0.497 e. The van der Waals surface area contributed by atoms with Crippen molar-refractivity contribution < 1.29 is 4.74 Å². The van der Waals surface area contributed by atoms with Gasteiger partial charge in [-0.15, -0.1) is 5.10 Å². The molecular formula is C21H21N5O. The molecule has 1 N–H and O–H groups in total. The number of nitrogens with zero attached hydrogens (tertiary/aromatic N) is 4. The van der Waals surface area contributed by atoms with E-state index < -0.39 is 0 Å². The summed E-state index contributed by atoms with van der Waals surface area (Å²) in [6.07, 6.45) is 5.61. The Bertz CT molecular complexity index is 973. The molecule has 3 aromatic rings. The van der Waals surface area contributed by atoms with E-state index in [1.54, 1.807) is 24.9 Å². The normalized spacial score (nSPS) is 11.3. The molecule has 1 heterocycles. The Morgan fingerprint density at radius 2 is 2.00 bits per heavy atom. The van der Waals surface area contributed by atoms with Crippen molar-refractivity contribution in [1.29, 1.82) is 5.41 Å². The molecule has 0 atom stereocenters. The fourth-order valence-corrected chi connectivity index (χ4v) is 2.59. The van der Waals surface area contributed by atoms with E-state index in [1.165, 1.54) is 0 Å². The quantitative estimate of drug-likeness (QED) is 0.532. The lowest BCUT2D eigenvalue weighted by Gasteiger charge is -2.05. The molecule has 6 heteroatoms. The second kappa shape index (κ2) is 8.71. The Balaban J connectivity index is 1.94. The van der Waals surface area contributed by atoms with Crippen molar-refractivity contribution in [2.45, 2.75) is 13.5 Å². The lowest BCUT2D eigenvalue weighted by atomic mass is 10.2. The summed E-state index contributed by atoms with van der Waals surface area (Å²) in [5.41, 5.74) is 1.98. The Morgan fingerprint density at radius 3 is 2.74 bits per heavy atom. The number of ether oxygens (including phenoxy) is 1. The third-order valence-electron chi connectivity index (χ3n) is 3.86. The molecule has 136 valence electrons. The Morgan fingerprint density at radius 1 is 1.19 bits per heavy atom. The molecule has 27 heavy (non-hydrogen) atoms. The number of hydrogen-bond donors (Lipinski definition) is 1. The van der Waals surface area contributed by atoms with Crippen molar-refractivity contribution in [2.24, 2.45) is 4.99 Å². The fraction of sp³-hybridized carbons (Fsp3) is 0.143. The van der Waals surface area contributed by atoms with Gasteiger partial charge < -0.3 is 4.74 Å². The van der Waals surface area contributed by atoms with Gasteiger partial charge in [-0.2, -0.15) is 0 Å². The summed E-state index contributed by atoms with van der Waals surface area (Å²) in [6, 6.07) is 17.7. The second-order valence-corrected chi connectivity index (χ2v) is 5.72. The molecule has 0 aliphatic rings. The van der Waals surface area contributed by atoms with E-state index in [4.69, 9.17) is 10.1 Å². The predicted molar refractivity (Wildman–Crippen MR) is 108 cm³/mol. The molecule has 0 radical (unpaired) electrons. The average molecular weight is 359 g/mol. The molecule has 0 unspecified atom stereocenters. The first-order chi connectivity index (χ1) is 13.2. The van der Waals surface area contributed by atoms with Gasteiger partial charge in [-0.3, -0.25) is 5.41 Å². The minimum absolute atomic E-state index is 0.0347. The molecular weight excluding hydrogens is 338 g/mol.